The number of carbonyl (C=O) groups excluding carboxylic acids is 2. The molecule has 0 saturated carbocycles. The van der Waals surface area contributed by atoms with Gasteiger partial charge in [0.15, 0.2) is 11.5 Å². The smallest absolute Gasteiger partial charge is 0.340 e. The Hall–Kier alpha value is -3.74. The second-order valence-electron chi connectivity index (χ2n) is 6.02. The third kappa shape index (κ3) is 4.70. The van der Waals surface area contributed by atoms with Gasteiger partial charge in [0.25, 0.3) is 5.91 Å². The first-order chi connectivity index (χ1) is 13.6. The Labute approximate surface area is 162 Å². The van der Waals surface area contributed by atoms with E-state index in [1.807, 2.05) is 25.1 Å². The third-order valence-corrected chi connectivity index (χ3v) is 3.86. The number of aryl methyl sites for hydroxylation is 1. The number of nitrogens with zero attached hydrogens (tertiary/aromatic N) is 2. The molecule has 2 N–H and O–H groups in total. The van der Waals surface area contributed by atoms with E-state index in [0.717, 1.165) is 5.56 Å². The number of para-hydroxylation sites is 1. The third-order valence-electron chi connectivity index (χ3n) is 3.86. The lowest BCUT2D eigenvalue weighted by atomic mass is 10.2. The zero-order valence-electron chi connectivity index (χ0n) is 15.6. The maximum atomic E-state index is 12.3. The number of hydrogen-bond donors (Lipinski definition) is 2. The Morgan fingerprint density at radius 3 is 2.54 bits per heavy atom. The summed E-state index contributed by atoms with van der Waals surface area (Å²) in [6.07, 6.45) is 0. The van der Waals surface area contributed by atoms with Gasteiger partial charge in [0, 0.05) is 5.69 Å². The quantitative estimate of drug-likeness (QED) is 0.633. The molecule has 28 heavy (non-hydrogen) atoms. The largest absolute Gasteiger partial charge is 0.462 e. The van der Waals surface area contributed by atoms with E-state index in [0.29, 0.717) is 22.8 Å². The summed E-state index contributed by atoms with van der Waals surface area (Å²) in [5.41, 5.74) is 2.87. The molecule has 2 aromatic carbocycles. The van der Waals surface area contributed by atoms with Gasteiger partial charge in [-0.15, -0.1) is 10.2 Å². The summed E-state index contributed by atoms with van der Waals surface area (Å²) in [4.78, 5) is 24.4. The van der Waals surface area contributed by atoms with E-state index in [1.54, 1.807) is 49.4 Å². The topological polar surface area (TPSA) is 93.2 Å². The van der Waals surface area contributed by atoms with Crippen LogP contribution in [0.4, 0.5) is 17.2 Å². The molecule has 0 aliphatic rings. The van der Waals surface area contributed by atoms with Crippen molar-refractivity contribution in [2.75, 3.05) is 17.2 Å². The first-order valence-electron chi connectivity index (χ1n) is 8.81. The summed E-state index contributed by atoms with van der Waals surface area (Å²) >= 11 is 0. The molecule has 0 aliphatic carbocycles. The second-order valence-corrected chi connectivity index (χ2v) is 6.02. The monoisotopic (exact) mass is 376 g/mol. The van der Waals surface area contributed by atoms with Crippen LogP contribution in [-0.4, -0.2) is 28.7 Å². The molecular formula is C21H20N4O3. The number of benzene rings is 2. The average Bonchev–Trinajstić information content (AvgIpc) is 2.69. The lowest BCUT2D eigenvalue weighted by Crippen LogP contribution is -2.15. The van der Waals surface area contributed by atoms with Crippen molar-refractivity contribution in [3.05, 3.63) is 77.5 Å². The summed E-state index contributed by atoms with van der Waals surface area (Å²) in [6, 6.07) is 17.6. The van der Waals surface area contributed by atoms with Crippen molar-refractivity contribution < 1.29 is 14.3 Å². The highest BCUT2D eigenvalue weighted by atomic mass is 16.5. The summed E-state index contributed by atoms with van der Waals surface area (Å²) < 4.78 is 5.05. The predicted molar refractivity (Wildman–Crippen MR) is 107 cm³/mol. The molecule has 0 unspecified atom stereocenters. The van der Waals surface area contributed by atoms with E-state index in [2.05, 4.69) is 20.8 Å². The maximum Gasteiger partial charge on any atom is 0.340 e. The molecule has 1 aromatic heterocycles. The maximum absolute atomic E-state index is 12.3. The number of rotatable bonds is 6. The van der Waals surface area contributed by atoms with Gasteiger partial charge < -0.3 is 15.4 Å². The van der Waals surface area contributed by atoms with Gasteiger partial charge in [0.2, 0.25) is 0 Å². The molecule has 0 bridgehead atoms. The highest BCUT2D eigenvalue weighted by Gasteiger charge is 2.13. The molecule has 0 atom stereocenters. The Morgan fingerprint density at radius 2 is 1.82 bits per heavy atom. The van der Waals surface area contributed by atoms with Crippen LogP contribution in [-0.2, 0) is 4.74 Å². The number of anilines is 3. The molecule has 0 spiro atoms. The van der Waals surface area contributed by atoms with Gasteiger partial charge in [-0.25, -0.2) is 4.79 Å². The van der Waals surface area contributed by atoms with Crippen molar-refractivity contribution in [2.24, 2.45) is 0 Å². The Morgan fingerprint density at radius 1 is 1.00 bits per heavy atom. The van der Waals surface area contributed by atoms with Gasteiger partial charge in [-0.3, -0.25) is 4.79 Å². The number of ether oxygens (including phenoxy) is 1. The van der Waals surface area contributed by atoms with E-state index in [-0.39, 0.29) is 18.2 Å². The number of hydrogen-bond acceptors (Lipinski definition) is 6. The van der Waals surface area contributed by atoms with E-state index in [1.165, 1.54) is 0 Å². The normalized spacial score (nSPS) is 10.2. The minimum Gasteiger partial charge on any atom is -0.462 e. The molecule has 1 heterocycles. The zero-order chi connectivity index (χ0) is 19.9. The van der Waals surface area contributed by atoms with Crippen molar-refractivity contribution in [3.63, 3.8) is 0 Å². The predicted octanol–water partition coefficient (Wildman–Crippen LogP) is 3.96. The molecule has 7 heteroatoms. The van der Waals surface area contributed by atoms with Gasteiger partial charge >= 0.3 is 5.97 Å². The first kappa shape index (κ1) is 19.0. The lowest BCUT2D eigenvalue weighted by Gasteiger charge is -2.10. The van der Waals surface area contributed by atoms with E-state index in [9.17, 15) is 9.59 Å². The van der Waals surface area contributed by atoms with Gasteiger partial charge in [-0.05, 0) is 55.8 Å². The summed E-state index contributed by atoms with van der Waals surface area (Å²) in [5, 5.41) is 13.8. The molecule has 0 saturated heterocycles. The number of amides is 1. The van der Waals surface area contributed by atoms with Crippen LogP contribution >= 0.6 is 0 Å². The van der Waals surface area contributed by atoms with Crippen molar-refractivity contribution in [1.29, 1.82) is 0 Å². The minimum absolute atomic E-state index is 0.186. The van der Waals surface area contributed by atoms with Crippen LogP contribution < -0.4 is 10.6 Å². The summed E-state index contributed by atoms with van der Waals surface area (Å²) in [5.74, 6) is -0.367. The van der Waals surface area contributed by atoms with E-state index < -0.39 is 5.97 Å². The minimum atomic E-state index is -0.423. The van der Waals surface area contributed by atoms with Crippen molar-refractivity contribution >= 4 is 29.1 Å². The SMILES string of the molecule is CCOC(=O)c1ccccc1Nc1ccc(C(=O)Nc2cccc(C)c2)nn1. The van der Waals surface area contributed by atoms with Crippen LogP contribution in [0, 0.1) is 6.92 Å². The van der Waals surface area contributed by atoms with Gasteiger partial charge in [0.1, 0.15) is 0 Å². The molecule has 1 amide bonds. The van der Waals surface area contributed by atoms with Gasteiger partial charge in [-0.1, -0.05) is 24.3 Å². The van der Waals surface area contributed by atoms with Crippen LogP contribution in [0.3, 0.4) is 0 Å². The fourth-order valence-corrected chi connectivity index (χ4v) is 2.55. The molecule has 0 fully saturated rings. The average molecular weight is 376 g/mol. The van der Waals surface area contributed by atoms with Crippen LogP contribution in [0.25, 0.3) is 0 Å². The Bertz CT molecular complexity index is 987. The molecule has 7 nitrogen and oxygen atoms in total. The highest BCUT2D eigenvalue weighted by Crippen LogP contribution is 2.20. The molecule has 3 rings (SSSR count). The summed E-state index contributed by atoms with van der Waals surface area (Å²) in [7, 11) is 0. The first-order valence-corrected chi connectivity index (χ1v) is 8.81. The number of nitrogens with one attached hydrogen (secondary N) is 2. The summed E-state index contributed by atoms with van der Waals surface area (Å²) in [6.45, 7) is 3.99. The number of carbonyl (C=O) groups is 2. The van der Waals surface area contributed by atoms with Crippen molar-refractivity contribution in [3.8, 4) is 0 Å². The van der Waals surface area contributed by atoms with Crippen LogP contribution in [0.1, 0.15) is 33.3 Å². The number of esters is 1. The Kier molecular flexibility index (Phi) is 5.96. The van der Waals surface area contributed by atoms with Crippen molar-refractivity contribution in [2.45, 2.75) is 13.8 Å². The molecule has 0 aliphatic heterocycles. The Balaban J connectivity index is 1.71. The van der Waals surface area contributed by atoms with Crippen LogP contribution in [0.2, 0.25) is 0 Å². The van der Waals surface area contributed by atoms with Gasteiger partial charge in [0.05, 0.1) is 17.9 Å². The fraction of sp³-hybridized carbons (Fsp3) is 0.143. The highest BCUT2D eigenvalue weighted by molar-refractivity contribution is 6.03. The molecular weight excluding hydrogens is 356 g/mol. The molecule has 3 aromatic rings. The standard InChI is InChI=1S/C21H20N4O3/c1-3-28-21(27)16-9-4-5-10-17(16)23-19-12-11-18(24-25-19)20(26)22-15-8-6-7-14(2)13-15/h4-13H,3H2,1-2H3,(H,22,26)(H,23,25). The zero-order valence-corrected chi connectivity index (χ0v) is 15.6. The molecule has 142 valence electrons. The molecule has 0 radical (unpaired) electrons. The van der Waals surface area contributed by atoms with Crippen LogP contribution in [0.15, 0.2) is 60.7 Å². The second kappa shape index (κ2) is 8.77. The van der Waals surface area contributed by atoms with E-state index in [4.69, 9.17) is 4.74 Å². The van der Waals surface area contributed by atoms with Crippen molar-refractivity contribution in [1.82, 2.24) is 10.2 Å². The van der Waals surface area contributed by atoms with Crippen LogP contribution in [0.5, 0.6) is 0 Å². The van der Waals surface area contributed by atoms with Gasteiger partial charge in [-0.2, -0.15) is 0 Å². The number of aromatic nitrogens is 2. The van der Waals surface area contributed by atoms with E-state index >= 15 is 0 Å². The lowest BCUT2D eigenvalue weighted by molar-refractivity contribution is 0.0527. The fourth-order valence-electron chi connectivity index (χ4n) is 2.55.